The molecule has 1 aromatic rings. The number of carbonyl (C=O) groups is 1. The van der Waals surface area contributed by atoms with E-state index in [1.807, 2.05) is 6.07 Å². The third-order valence-electron chi connectivity index (χ3n) is 2.18. The number of hydrogen-bond acceptors (Lipinski definition) is 4. The number of hydrogen-bond donors (Lipinski definition) is 1. The summed E-state index contributed by atoms with van der Waals surface area (Å²) in [5.74, 6) is -0.137. The van der Waals surface area contributed by atoms with Gasteiger partial charge in [-0.1, -0.05) is 6.07 Å². The first kappa shape index (κ1) is 14.2. The van der Waals surface area contributed by atoms with Crippen molar-refractivity contribution < 1.29 is 14.3 Å². The number of nitriles is 1. The maximum atomic E-state index is 11.5. The third-order valence-corrected chi connectivity index (χ3v) is 2.18. The standard InChI is InChI=1S/C13H16N2O3/c1-17-7-8-18-6-5-13(16)15-12-4-2-3-11(9-12)10-14/h2-4,9H,5-8H2,1H3,(H,15,16). The van der Waals surface area contributed by atoms with Crippen LogP contribution in [0.25, 0.3) is 0 Å². The Kier molecular flexibility index (Phi) is 6.47. The summed E-state index contributed by atoms with van der Waals surface area (Å²) >= 11 is 0. The lowest BCUT2D eigenvalue weighted by molar-refractivity contribution is -0.117. The minimum absolute atomic E-state index is 0.137. The van der Waals surface area contributed by atoms with Crippen LogP contribution in [0.15, 0.2) is 24.3 Å². The average Bonchev–Trinajstić information content (AvgIpc) is 2.38. The Labute approximate surface area is 106 Å². The molecule has 0 aliphatic carbocycles. The van der Waals surface area contributed by atoms with Gasteiger partial charge in [-0.05, 0) is 18.2 Å². The molecule has 0 spiro atoms. The molecule has 0 aliphatic heterocycles. The predicted octanol–water partition coefficient (Wildman–Crippen LogP) is 1.55. The van der Waals surface area contributed by atoms with Crippen LogP contribution in [-0.4, -0.2) is 32.8 Å². The SMILES string of the molecule is COCCOCCC(=O)Nc1cccc(C#N)c1. The molecular formula is C13H16N2O3. The molecule has 0 unspecified atom stereocenters. The molecule has 0 heterocycles. The van der Waals surface area contributed by atoms with Gasteiger partial charge in [-0.25, -0.2) is 0 Å². The molecule has 18 heavy (non-hydrogen) atoms. The van der Waals surface area contributed by atoms with E-state index in [-0.39, 0.29) is 12.3 Å². The summed E-state index contributed by atoms with van der Waals surface area (Å²) in [6.07, 6.45) is 0.278. The zero-order chi connectivity index (χ0) is 13.2. The van der Waals surface area contributed by atoms with E-state index in [2.05, 4.69) is 5.32 Å². The Balaban J connectivity index is 2.29. The molecule has 5 heteroatoms. The summed E-state index contributed by atoms with van der Waals surface area (Å²) in [4.78, 5) is 11.5. The quantitative estimate of drug-likeness (QED) is 0.743. The van der Waals surface area contributed by atoms with Crippen LogP contribution < -0.4 is 5.32 Å². The normalized spacial score (nSPS) is 9.78. The molecule has 0 bridgehead atoms. The summed E-state index contributed by atoms with van der Waals surface area (Å²) < 4.78 is 10.0. The Morgan fingerprint density at radius 3 is 2.94 bits per heavy atom. The van der Waals surface area contributed by atoms with Gasteiger partial charge in [-0.2, -0.15) is 5.26 Å². The van der Waals surface area contributed by atoms with Gasteiger partial charge in [-0.15, -0.1) is 0 Å². The van der Waals surface area contributed by atoms with Crippen molar-refractivity contribution in [3.63, 3.8) is 0 Å². The minimum atomic E-state index is -0.137. The number of rotatable bonds is 7. The molecule has 1 rings (SSSR count). The van der Waals surface area contributed by atoms with Gasteiger partial charge in [0, 0.05) is 12.8 Å². The van der Waals surface area contributed by atoms with E-state index < -0.39 is 0 Å². The second-order valence-corrected chi connectivity index (χ2v) is 3.60. The zero-order valence-electron chi connectivity index (χ0n) is 10.3. The number of anilines is 1. The Morgan fingerprint density at radius 2 is 2.22 bits per heavy atom. The lowest BCUT2D eigenvalue weighted by Gasteiger charge is -2.06. The number of benzene rings is 1. The Bertz CT molecular complexity index is 426. The van der Waals surface area contributed by atoms with Gasteiger partial charge in [0.05, 0.1) is 37.9 Å². The van der Waals surface area contributed by atoms with Crippen molar-refractivity contribution in [3.8, 4) is 6.07 Å². The maximum Gasteiger partial charge on any atom is 0.226 e. The molecule has 0 atom stereocenters. The van der Waals surface area contributed by atoms with E-state index in [0.29, 0.717) is 31.1 Å². The number of amides is 1. The molecule has 1 N–H and O–H groups in total. The molecule has 0 radical (unpaired) electrons. The molecule has 0 aromatic heterocycles. The smallest absolute Gasteiger partial charge is 0.226 e. The van der Waals surface area contributed by atoms with Crippen LogP contribution in [0, 0.1) is 11.3 Å². The number of nitrogens with one attached hydrogen (secondary N) is 1. The van der Waals surface area contributed by atoms with E-state index in [9.17, 15) is 4.79 Å². The van der Waals surface area contributed by atoms with Gasteiger partial charge >= 0.3 is 0 Å². The van der Waals surface area contributed by atoms with Crippen LogP contribution in [0.5, 0.6) is 0 Å². The number of methoxy groups -OCH3 is 1. The molecule has 1 aromatic carbocycles. The molecular weight excluding hydrogens is 232 g/mol. The van der Waals surface area contributed by atoms with E-state index in [4.69, 9.17) is 14.7 Å². The minimum Gasteiger partial charge on any atom is -0.382 e. The number of ether oxygens (including phenoxy) is 2. The van der Waals surface area contributed by atoms with Crippen molar-refractivity contribution in [3.05, 3.63) is 29.8 Å². The maximum absolute atomic E-state index is 11.5. The lowest BCUT2D eigenvalue weighted by atomic mass is 10.2. The second kappa shape index (κ2) is 8.23. The van der Waals surface area contributed by atoms with Crippen molar-refractivity contribution in [2.45, 2.75) is 6.42 Å². The van der Waals surface area contributed by atoms with Crippen molar-refractivity contribution in [1.29, 1.82) is 5.26 Å². The van der Waals surface area contributed by atoms with Crippen molar-refractivity contribution in [1.82, 2.24) is 0 Å². The third kappa shape index (κ3) is 5.43. The van der Waals surface area contributed by atoms with E-state index in [1.54, 1.807) is 31.4 Å². The first-order valence-corrected chi connectivity index (χ1v) is 5.63. The van der Waals surface area contributed by atoms with Gasteiger partial charge in [-0.3, -0.25) is 4.79 Å². The highest BCUT2D eigenvalue weighted by atomic mass is 16.5. The van der Waals surface area contributed by atoms with Gasteiger partial charge in [0.25, 0.3) is 0 Å². The molecule has 1 amide bonds. The van der Waals surface area contributed by atoms with Crippen molar-refractivity contribution in [2.75, 3.05) is 32.2 Å². The highest BCUT2D eigenvalue weighted by molar-refractivity contribution is 5.90. The fourth-order valence-corrected chi connectivity index (χ4v) is 1.30. The van der Waals surface area contributed by atoms with Crippen molar-refractivity contribution >= 4 is 11.6 Å². The summed E-state index contributed by atoms with van der Waals surface area (Å²) in [6, 6.07) is 8.80. The fraction of sp³-hybridized carbons (Fsp3) is 0.385. The first-order chi connectivity index (χ1) is 8.76. The molecule has 0 fully saturated rings. The Hall–Kier alpha value is -1.90. The topological polar surface area (TPSA) is 71.3 Å². The summed E-state index contributed by atoms with van der Waals surface area (Å²) in [5.41, 5.74) is 1.14. The van der Waals surface area contributed by atoms with Crippen LogP contribution >= 0.6 is 0 Å². The zero-order valence-corrected chi connectivity index (χ0v) is 10.3. The van der Waals surface area contributed by atoms with Crippen LogP contribution in [0.1, 0.15) is 12.0 Å². The van der Waals surface area contributed by atoms with E-state index in [0.717, 1.165) is 0 Å². The highest BCUT2D eigenvalue weighted by Gasteiger charge is 2.02. The molecule has 5 nitrogen and oxygen atoms in total. The van der Waals surface area contributed by atoms with E-state index in [1.165, 1.54) is 0 Å². The van der Waals surface area contributed by atoms with Crippen molar-refractivity contribution in [2.24, 2.45) is 0 Å². The first-order valence-electron chi connectivity index (χ1n) is 5.63. The van der Waals surface area contributed by atoms with Crippen LogP contribution in [0.4, 0.5) is 5.69 Å². The summed E-state index contributed by atoms with van der Waals surface area (Å²) in [5, 5.41) is 11.4. The predicted molar refractivity (Wildman–Crippen MR) is 67.1 cm³/mol. The largest absolute Gasteiger partial charge is 0.382 e. The van der Waals surface area contributed by atoms with Crippen LogP contribution in [0.2, 0.25) is 0 Å². The monoisotopic (exact) mass is 248 g/mol. The van der Waals surface area contributed by atoms with E-state index >= 15 is 0 Å². The van der Waals surface area contributed by atoms with Gasteiger partial charge < -0.3 is 14.8 Å². The molecule has 0 aliphatic rings. The molecule has 0 saturated heterocycles. The fourth-order valence-electron chi connectivity index (χ4n) is 1.30. The average molecular weight is 248 g/mol. The van der Waals surface area contributed by atoms with Gasteiger partial charge in [0.1, 0.15) is 0 Å². The van der Waals surface area contributed by atoms with Crippen LogP contribution in [0.3, 0.4) is 0 Å². The highest BCUT2D eigenvalue weighted by Crippen LogP contribution is 2.09. The second-order valence-electron chi connectivity index (χ2n) is 3.60. The van der Waals surface area contributed by atoms with Crippen LogP contribution in [-0.2, 0) is 14.3 Å². The summed E-state index contributed by atoms with van der Waals surface area (Å²) in [7, 11) is 1.60. The molecule has 96 valence electrons. The number of nitrogens with zero attached hydrogens (tertiary/aromatic N) is 1. The lowest BCUT2D eigenvalue weighted by Crippen LogP contribution is -2.15. The number of carbonyl (C=O) groups excluding carboxylic acids is 1. The molecule has 0 saturated carbocycles. The van der Waals surface area contributed by atoms with Gasteiger partial charge in [0.2, 0.25) is 5.91 Å². The van der Waals surface area contributed by atoms with Gasteiger partial charge in [0.15, 0.2) is 0 Å². The Morgan fingerprint density at radius 1 is 1.39 bits per heavy atom. The summed E-state index contributed by atoms with van der Waals surface area (Å²) in [6.45, 7) is 1.35.